The Balaban J connectivity index is 1.62. The van der Waals surface area contributed by atoms with Crippen LogP contribution < -0.4 is 10.5 Å². The topological polar surface area (TPSA) is 47.7 Å². The molecule has 1 aliphatic heterocycles. The van der Waals surface area contributed by atoms with E-state index in [2.05, 4.69) is 36.1 Å². The first kappa shape index (κ1) is 17.0. The fourth-order valence-corrected chi connectivity index (χ4v) is 3.15. The van der Waals surface area contributed by atoms with E-state index in [1.54, 1.807) is 0 Å². The number of hydrogen-bond donors (Lipinski definition) is 1. The second kappa shape index (κ2) is 8.29. The predicted molar refractivity (Wildman–Crippen MR) is 96.0 cm³/mol. The summed E-state index contributed by atoms with van der Waals surface area (Å²) in [6.07, 6.45) is 0.265. The third kappa shape index (κ3) is 4.35. The highest BCUT2D eigenvalue weighted by Crippen LogP contribution is 2.24. The van der Waals surface area contributed by atoms with Crippen LogP contribution in [-0.2, 0) is 11.3 Å². The van der Waals surface area contributed by atoms with Gasteiger partial charge in [0, 0.05) is 25.7 Å². The van der Waals surface area contributed by atoms with Crippen LogP contribution in [0, 0.1) is 0 Å². The molecule has 2 N–H and O–H groups in total. The van der Waals surface area contributed by atoms with Crippen molar-refractivity contribution in [3.63, 3.8) is 0 Å². The van der Waals surface area contributed by atoms with Crippen LogP contribution in [0.2, 0.25) is 0 Å². The Bertz CT molecular complexity index is 615. The van der Waals surface area contributed by atoms with Crippen molar-refractivity contribution >= 4 is 0 Å². The van der Waals surface area contributed by atoms with E-state index >= 15 is 0 Å². The molecule has 0 amide bonds. The Morgan fingerprint density at radius 2 is 1.92 bits per heavy atom. The number of nitrogens with two attached hydrogens (primary N) is 1. The largest absolute Gasteiger partial charge is 0.489 e. The van der Waals surface area contributed by atoms with Gasteiger partial charge < -0.3 is 15.2 Å². The zero-order chi connectivity index (χ0) is 16.8. The minimum atomic E-state index is 0.236. The van der Waals surface area contributed by atoms with E-state index < -0.39 is 0 Å². The van der Waals surface area contributed by atoms with Gasteiger partial charge in [-0.2, -0.15) is 0 Å². The van der Waals surface area contributed by atoms with Crippen molar-refractivity contribution in [1.82, 2.24) is 4.90 Å². The molecule has 0 aromatic heterocycles. The van der Waals surface area contributed by atoms with Gasteiger partial charge in [0.1, 0.15) is 12.4 Å². The maximum Gasteiger partial charge on any atom is 0.119 e. The molecule has 2 aromatic carbocycles. The van der Waals surface area contributed by atoms with E-state index in [0.29, 0.717) is 13.2 Å². The van der Waals surface area contributed by atoms with E-state index in [9.17, 15) is 0 Å². The molecule has 24 heavy (non-hydrogen) atoms. The molecule has 0 bridgehead atoms. The van der Waals surface area contributed by atoms with Crippen LogP contribution in [0.5, 0.6) is 5.75 Å². The molecule has 4 heteroatoms. The van der Waals surface area contributed by atoms with Gasteiger partial charge in [0.15, 0.2) is 0 Å². The molecule has 3 rings (SSSR count). The summed E-state index contributed by atoms with van der Waals surface area (Å²) < 4.78 is 11.5. The maximum absolute atomic E-state index is 6.04. The number of morpholine rings is 1. The van der Waals surface area contributed by atoms with Crippen LogP contribution >= 0.6 is 0 Å². The van der Waals surface area contributed by atoms with E-state index in [1.807, 2.05) is 30.3 Å². The molecule has 4 nitrogen and oxygen atoms in total. The molecule has 1 fully saturated rings. The molecule has 128 valence electrons. The van der Waals surface area contributed by atoms with Crippen LogP contribution in [-0.4, -0.2) is 37.2 Å². The molecule has 1 heterocycles. The van der Waals surface area contributed by atoms with Gasteiger partial charge in [-0.15, -0.1) is 0 Å². The Labute approximate surface area is 144 Å². The highest BCUT2D eigenvalue weighted by atomic mass is 16.5. The fourth-order valence-electron chi connectivity index (χ4n) is 3.15. The zero-order valence-electron chi connectivity index (χ0n) is 14.2. The lowest BCUT2D eigenvalue weighted by Crippen LogP contribution is -2.45. The Morgan fingerprint density at radius 1 is 1.17 bits per heavy atom. The fraction of sp³-hybridized carbons (Fsp3) is 0.400. The monoisotopic (exact) mass is 326 g/mol. The van der Waals surface area contributed by atoms with Gasteiger partial charge in [-0.05, 0) is 30.2 Å². The number of benzene rings is 2. The van der Waals surface area contributed by atoms with Crippen LogP contribution in [0.25, 0.3) is 0 Å². The minimum absolute atomic E-state index is 0.236. The summed E-state index contributed by atoms with van der Waals surface area (Å²) in [4.78, 5) is 2.41. The van der Waals surface area contributed by atoms with Gasteiger partial charge in [0.05, 0.1) is 12.7 Å². The van der Waals surface area contributed by atoms with Crippen LogP contribution in [0.4, 0.5) is 0 Å². The molecular weight excluding hydrogens is 300 g/mol. The van der Waals surface area contributed by atoms with Gasteiger partial charge in [-0.25, -0.2) is 0 Å². The van der Waals surface area contributed by atoms with E-state index in [-0.39, 0.29) is 12.1 Å². The van der Waals surface area contributed by atoms with Gasteiger partial charge >= 0.3 is 0 Å². The highest BCUT2D eigenvalue weighted by Gasteiger charge is 2.24. The van der Waals surface area contributed by atoms with Crippen LogP contribution in [0.15, 0.2) is 54.6 Å². The second-order valence-corrected chi connectivity index (χ2v) is 6.27. The number of hydrogen-bond acceptors (Lipinski definition) is 4. The number of rotatable bonds is 6. The van der Waals surface area contributed by atoms with E-state index in [1.165, 1.54) is 11.1 Å². The average molecular weight is 326 g/mol. The lowest BCUT2D eigenvalue weighted by Gasteiger charge is -2.37. The molecule has 2 aromatic rings. The normalized spacial score (nSPS) is 19.8. The van der Waals surface area contributed by atoms with Crippen molar-refractivity contribution in [1.29, 1.82) is 0 Å². The minimum Gasteiger partial charge on any atom is -0.489 e. The molecule has 0 spiro atoms. The first-order valence-corrected chi connectivity index (χ1v) is 8.58. The van der Waals surface area contributed by atoms with Crippen molar-refractivity contribution in [2.45, 2.75) is 25.7 Å². The number of ether oxygens (including phenoxy) is 2. The first-order chi connectivity index (χ1) is 11.8. The Hall–Kier alpha value is -1.88. The first-order valence-electron chi connectivity index (χ1n) is 8.58. The molecule has 2 unspecified atom stereocenters. The Morgan fingerprint density at radius 3 is 2.58 bits per heavy atom. The van der Waals surface area contributed by atoms with Crippen molar-refractivity contribution in [2.24, 2.45) is 5.73 Å². The molecule has 2 atom stereocenters. The summed E-state index contributed by atoms with van der Waals surface area (Å²) in [5.41, 5.74) is 8.45. The SMILES string of the molecule is CC1CN(C(CN)c2ccc(OCc3ccccc3)cc2)CCO1. The molecular formula is C20H26N2O2. The number of nitrogens with zero attached hydrogens (tertiary/aromatic N) is 1. The van der Waals surface area contributed by atoms with Crippen molar-refractivity contribution in [3.8, 4) is 5.75 Å². The zero-order valence-corrected chi connectivity index (χ0v) is 14.2. The quantitative estimate of drug-likeness (QED) is 0.886. The van der Waals surface area contributed by atoms with Crippen molar-refractivity contribution in [3.05, 3.63) is 65.7 Å². The second-order valence-electron chi connectivity index (χ2n) is 6.27. The molecule has 0 aliphatic carbocycles. The average Bonchev–Trinajstić information content (AvgIpc) is 2.63. The summed E-state index contributed by atoms with van der Waals surface area (Å²) in [5, 5.41) is 0. The van der Waals surface area contributed by atoms with Gasteiger partial charge in [-0.3, -0.25) is 4.90 Å². The molecule has 1 saturated heterocycles. The molecule has 0 radical (unpaired) electrons. The van der Waals surface area contributed by atoms with Gasteiger partial charge in [0.25, 0.3) is 0 Å². The van der Waals surface area contributed by atoms with Crippen LogP contribution in [0.1, 0.15) is 24.1 Å². The lowest BCUT2D eigenvalue weighted by atomic mass is 10.0. The Kier molecular flexibility index (Phi) is 5.86. The third-order valence-corrected chi connectivity index (χ3v) is 4.45. The van der Waals surface area contributed by atoms with Crippen molar-refractivity contribution < 1.29 is 9.47 Å². The van der Waals surface area contributed by atoms with Crippen LogP contribution in [0.3, 0.4) is 0 Å². The predicted octanol–water partition coefficient (Wildman–Crippen LogP) is 2.99. The summed E-state index contributed by atoms with van der Waals surface area (Å²) in [6, 6.07) is 18.7. The molecule has 0 saturated carbocycles. The van der Waals surface area contributed by atoms with Gasteiger partial charge in [0.2, 0.25) is 0 Å². The van der Waals surface area contributed by atoms with E-state index in [4.69, 9.17) is 15.2 Å². The van der Waals surface area contributed by atoms with Gasteiger partial charge in [-0.1, -0.05) is 42.5 Å². The summed E-state index contributed by atoms with van der Waals surface area (Å²) in [6.45, 7) is 5.93. The third-order valence-electron chi connectivity index (χ3n) is 4.45. The summed E-state index contributed by atoms with van der Waals surface area (Å²) in [5.74, 6) is 0.883. The highest BCUT2D eigenvalue weighted by molar-refractivity contribution is 5.30. The smallest absolute Gasteiger partial charge is 0.119 e. The standard InChI is InChI=1S/C20H26N2O2/c1-16-14-22(11-12-23-16)20(13-21)18-7-9-19(10-8-18)24-15-17-5-3-2-4-6-17/h2-10,16,20H,11-15,21H2,1H3. The maximum atomic E-state index is 6.04. The summed E-state index contributed by atoms with van der Waals surface area (Å²) in [7, 11) is 0. The van der Waals surface area contributed by atoms with Crippen molar-refractivity contribution in [2.75, 3.05) is 26.2 Å². The molecule has 1 aliphatic rings. The lowest BCUT2D eigenvalue weighted by molar-refractivity contribution is -0.0333. The van der Waals surface area contributed by atoms with E-state index in [0.717, 1.165) is 25.4 Å². The summed E-state index contributed by atoms with van der Waals surface area (Å²) >= 11 is 0.